The fourth-order valence-corrected chi connectivity index (χ4v) is 4.07. The topological polar surface area (TPSA) is 86.9 Å². The van der Waals surface area contributed by atoms with Crippen molar-refractivity contribution in [2.75, 3.05) is 39.3 Å². The summed E-state index contributed by atoms with van der Waals surface area (Å²) in [6, 6.07) is 0. The van der Waals surface area contributed by atoms with Crippen LogP contribution in [0.25, 0.3) is 0 Å². The van der Waals surface area contributed by atoms with E-state index < -0.39 is 11.3 Å². The van der Waals surface area contributed by atoms with Gasteiger partial charge >= 0.3 is 0 Å². The molecule has 0 spiro atoms. The van der Waals surface area contributed by atoms with Crippen LogP contribution in [0.15, 0.2) is 0 Å². The van der Waals surface area contributed by atoms with Gasteiger partial charge in [-0.1, -0.05) is 0 Å². The van der Waals surface area contributed by atoms with E-state index in [1.807, 2.05) is 0 Å². The highest BCUT2D eigenvalue weighted by Crippen LogP contribution is 2.47. The summed E-state index contributed by atoms with van der Waals surface area (Å²) in [7, 11) is 0. The minimum absolute atomic E-state index is 0.101. The summed E-state index contributed by atoms with van der Waals surface area (Å²) in [5.74, 6) is -0.0881. The van der Waals surface area contributed by atoms with Gasteiger partial charge in [-0.2, -0.15) is 0 Å². The number of hydrogen-bond donors (Lipinski definition) is 2. The molecule has 3 rings (SSSR count). The molecule has 0 aromatic rings. The summed E-state index contributed by atoms with van der Waals surface area (Å²) in [5, 5.41) is 9.55. The average molecular weight is 309 g/mol. The molecule has 6 heteroatoms. The van der Waals surface area contributed by atoms with E-state index in [-0.39, 0.29) is 18.4 Å². The minimum atomic E-state index is -0.935. The highest BCUT2D eigenvalue weighted by Gasteiger charge is 2.57. The van der Waals surface area contributed by atoms with E-state index >= 15 is 0 Å². The van der Waals surface area contributed by atoms with Crippen LogP contribution in [0.5, 0.6) is 0 Å². The van der Waals surface area contributed by atoms with Crippen molar-refractivity contribution < 1.29 is 14.7 Å². The van der Waals surface area contributed by atoms with Gasteiger partial charge in [0.05, 0.1) is 0 Å². The zero-order chi connectivity index (χ0) is 15.7. The Kier molecular flexibility index (Phi) is 4.41. The Morgan fingerprint density at radius 1 is 1.14 bits per heavy atom. The van der Waals surface area contributed by atoms with Crippen molar-refractivity contribution in [3.8, 4) is 0 Å². The molecule has 22 heavy (non-hydrogen) atoms. The molecule has 3 N–H and O–H groups in total. The van der Waals surface area contributed by atoms with Crippen molar-refractivity contribution in [3.63, 3.8) is 0 Å². The normalized spacial score (nSPS) is 31.2. The molecule has 2 saturated heterocycles. The molecular weight excluding hydrogens is 282 g/mol. The molecule has 0 aromatic heterocycles. The van der Waals surface area contributed by atoms with Gasteiger partial charge in [0, 0.05) is 26.2 Å². The molecule has 1 aliphatic carbocycles. The van der Waals surface area contributed by atoms with E-state index in [0.29, 0.717) is 31.8 Å². The predicted octanol–water partition coefficient (Wildman–Crippen LogP) is -0.195. The van der Waals surface area contributed by atoms with Gasteiger partial charge in [0.15, 0.2) is 0 Å². The first-order valence-corrected chi connectivity index (χ1v) is 8.47. The number of likely N-dealkylation sites (tertiary alicyclic amines) is 2. The Labute approximate surface area is 131 Å². The van der Waals surface area contributed by atoms with Gasteiger partial charge < -0.3 is 20.6 Å². The Hall–Kier alpha value is -1.14. The Balaban J connectivity index is 1.65. The molecule has 6 nitrogen and oxygen atoms in total. The molecule has 124 valence electrons. The number of nitrogens with two attached hydrogens (primary N) is 1. The van der Waals surface area contributed by atoms with Gasteiger partial charge in [-0.3, -0.25) is 9.59 Å². The van der Waals surface area contributed by atoms with Crippen LogP contribution in [-0.2, 0) is 9.59 Å². The predicted molar refractivity (Wildman–Crippen MR) is 81.8 cm³/mol. The second-order valence-corrected chi connectivity index (χ2v) is 7.31. The Morgan fingerprint density at radius 3 is 2.32 bits per heavy atom. The van der Waals surface area contributed by atoms with Crippen LogP contribution < -0.4 is 5.73 Å². The maximum Gasteiger partial charge on any atom is 0.238 e. The lowest BCUT2D eigenvalue weighted by Crippen LogP contribution is -2.52. The summed E-state index contributed by atoms with van der Waals surface area (Å²) < 4.78 is 0. The fraction of sp³-hybridized carbons (Fsp3) is 0.875. The van der Waals surface area contributed by atoms with Gasteiger partial charge in [-0.05, 0) is 57.0 Å². The number of primary amides is 1. The number of amides is 2. The summed E-state index contributed by atoms with van der Waals surface area (Å²) in [6.45, 7) is 4.62. The molecule has 1 saturated carbocycles. The Bertz CT molecular complexity index is 444. The van der Waals surface area contributed by atoms with Crippen molar-refractivity contribution in [3.05, 3.63) is 0 Å². The zero-order valence-electron chi connectivity index (χ0n) is 13.2. The smallest absolute Gasteiger partial charge is 0.238 e. The van der Waals surface area contributed by atoms with Crippen LogP contribution in [0.1, 0.15) is 32.1 Å². The first-order valence-electron chi connectivity index (χ1n) is 8.47. The number of carbonyl (C=O) groups is 2. The van der Waals surface area contributed by atoms with Crippen molar-refractivity contribution >= 4 is 11.8 Å². The molecule has 0 bridgehead atoms. The minimum Gasteiger partial charge on any atom is -0.396 e. The zero-order valence-corrected chi connectivity index (χ0v) is 13.2. The lowest BCUT2D eigenvalue weighted by atomic mass is 9.88. The van der Waals surface area contributed by atoms with Gasteiger partial charge in [0.2, 0.25) is 11.8 Å². The number of nitrogens with zero attached hydrogens (tertiary/aromatic N) is 2. The molecule has 2 aliphatic heterocycles. The lowest BCUT2D eigenvalue weighted by Gasteiger charge is -2.39. The summed E-state index contributed by atoms with van der Waals surface area (Å²) in [5.41, 5.74) is 4.50. The number of carbonyl (C=O) groups excluding carboxylic acids is 2. The van der Waals surface area contributed by atoms with Gasteiger partial charge in [0.25, 0.3) is 0 Å². The van der Waals surface area contributed by atoms with Gasteiger partial charge in [-0.25, -0.2) is 0 Å². The van der Waals surface area contributed by atoms with E-state index in [2.05, 4.69) is 4.90 Å². The summed E-state index contributed by atoms with van der Waals surface area (Å²) in [4.78, 5) is 28.5. The van der Waals surface area contributed by atoms with E-state index in [9.17, 15) is 14.7 Å². The molecular formula is C16H27N3O3. The van der Waals surface area contributed by atoms with Crippen LogP contribution in [0, 0.1) is 17.3 Å². The molecule has 3 aliphatic rings. The molecule has 2 heterocycles. The van der Waals surface area contributed by atoms with Crippen molar-refractivity contribution in [1.29, 1.82) is 0 Å². The average Bonchev–Trinajstić information content (AvgIpc) is 3.18. The van der Waals surface area contributed by atoms with Crippen LogP contribution in [-0.4, -0.2) is 66.1 Å². The summed E-state index contributed by atoms with van der Waals surface area (Å²) in [6.07, 6.45) is 4.63. The standard InChI is InChI=1S/C16H27N3O3/c17-14(21)16(3-4-16)15(22)19-9-12(7-13(10-19)11-20)8-18-5-1-2-6-18/h12-13,20H,1-11H2,(H2,17,21)/t12-,13-/m1/s1. The number of hydrogen-bond acceptors (Lipinski definition) is 4. The Morgan fingerprint density at radius 2 is 1.77 bits per heavy atom. The van der Waals surface area contributed by atoms with Gasteiger partial charge in [-0.15, -0.1) is 0 Å². The molecule has 3 fully saturated rings. The third-order valence-electron chi connectivity index (χ3n) is 5.52. The molecule has 0 aromatic carbocycles. The number of aliphatic hydroxyl groups excluding tert-OH is 1. The maximum atomic E-state index is 12.7. The third-order valence-corrected chi connectivity index (χ3v) is 5.52. The van der Waals surface area contributed by atoms with E-state index in [1.54, 1.807) is 4.90 Å². The molecule has 0 radical (unpaired) electrons. The van der Waals surface area contributed by atoms with Crippen molar-refractivity contribution in [2.24, 2.45) is 23.0 Å². The molecule has 0 unspecified atom stereocenters. The van der Waals surface area contributed by atoms with Crippen LogP contribution in [0.2, 0.25) is 0 Å². The molecule has 2 atom stereocenters. The number of piperidine rings is 1. The highest BCUT2D eigenvalue weighted by atomic mass is 16.3. The van der Waals surface area contributed by atoms with Crippen LogP contribution in [0.4, 0.5) is 0 Å². The number of aliphatic hydroxyl groups is 1. The third kappa shape index (κ3) is 2.99. The number of rotatable bonds is 5. The highest BCUT2D eigenvalue weighted by molar-refractivity contribution is 6.07. The monoisotopic (exact) mass is 309 g/mol. The van der Waals surface area contributed by atoms with E-state index in [0.717, 1.165) is 26.1 Å². The van der Waals surface area contributed by atoms with Gasteiger partial charge in [0.1, 0.15) is 5.41 Å². The summed E-state index contributed by atoms with van der Waals surface area (Å²) >= 11 is 0. The first kappa shape index (κ1) is 15.7. The second-order valence-electron chi connectivity index (χ2n) is 7.31. The van der Waals surface area contributed by atoms with Crippen LogP contribution >= 0.6 is 0 Å². The van der Waals surface area contributed by atoms with Crippen LogP contribution in [0.3, 0.4) is 0 Å². The maximum absolute atomic E-state index is 12.7. The second kappa shape index (κ2) is 6.16. The SMILES string of the molecule is NC(=O)C1(C(=O)N2C[C@H](CO)C[C@H](CN3CCCC3)C2)CC1. The van der Waals surface area contributed by atoms with E-state index in [4.69, 9.17) is 5.73 Å². The van der Waals surface area contributed by atoms with E-state index in [1.165, 1.54) is 12.8 Å². The van der Waals surface area contributed by atoms with Crippen molar-refractivity contribution in [1.82, 2.24) is 9.80 Å². The fourth-order valence-electron chi connectivity index (χ4n) is 4.07. The first-order chi connectivity index (χ1) is 10.5. The molecule has 2 amide bonds. The largest absolute Gasteiger partial charge is 0.396 e. The van der Waals surface area contributed by atoms with Crippen molar-refractivity contribution in [2.45, 2.75) is 32.1 Å². The lowest BCUT2D eigenvalue weighted by molar-refractivity contribution is -0.145. The quantitative estimate of drug-likeness (QED) is 0.689.